The van der Waals surface area contributed by atoms with E-state index in [1.165, 1.54) is 0 Å². The number of benzene rings is 1. The van der Waals surface area contributed by atoms with E-state index in [2.05, 4.69) is 34.6 Å². The number of aliphatic hydroxyl groups is 1. The second-order valence-electron chi connectivity index (χ2n) is 13.2. The molecular weight excluding hydrogens is 497 g/mol. The zero-order valence-corrected chi connectivity index (χ0v) is 24.0. The fraction of sp³-hybridized carbons (Fsp3) is 0.733. The summed E-state index contributed by atoms with van der Waals surface area (Å²) in [6, 6.07) is 3.45. The largest absolute Gasteiger partial charge is 0.491 e. The fourth-order valence-electron chi connectivity index (χ4n) is 8.68. The molecule has 39 heavy (non-hydrogen) atoms. The molecule has 1 aromatic carbocycles. The zero-order chi connectivity index (χ0) is 28.3. The second-order valence-corrected chi connectivity index (χ2v) is 13.2. The van der Waals surface area contributed by atoms with Gasteiger partial charge in [-0.2, -0.15) is 0 Å². The van der Waals surface area contributed by atoms with Crippen LogP contribution in [0.1, 0.15) is 84.3 Å². The summed E-state index contributed by atoms with van der Waals surface area (Å²) in [5, 5.41) is 21.9. The summed E-state index contributed by atoms with van der Waals surface area (Å²) in [6.45, 7) is 10.9. The summed E-state index contributed by atoms with van der Waals surface area (Å²) in [6.07, 6.45) is 3.26. The van der Waals surface area contributed by atoms with Crippen molar-refractivity contribution in [3.05, 3.63) is 23.3 Å². The molecule has 0 spiro atoms. The maximum Gasteiger partial charge on any atom is 0.491 e. The van der Waals surface area contributed by atoms with Crippen LogP contribution < -0.4 is 15.9 Å². The molecule has 3 saturated carbocycles. The first kappa shape index (κ1) is 28.6. The van der Waals surface area contributed by atoms with Gasteiger partial charge in [-0.3, -0.25) is 4.79 Å². The Kier molecular flexibility index (Phi) is 7.45. The number of rotatable bonds is 6. The van der Waals surface area contributed by atoms with Gasteiger partial charge in [0.05, 0.1) is 12.7 Å². The Labute approximate surface area is 232 Å². The standard InChI is InChI=1S/C30H44BNO7/c1-6-28(4)13-24(29(5)17(2)7-9-30(18(3)27(28)35)10-8-23(33)26(29)30)39-25(34)16-37-20-11-19(14-32)21-15-38-31(36)22(21)12-20/h11-12,17-18,24,26-27,35-36H,6-10,13-16,32H2,1-5H3/t17-,18-,24+,26-,27-,28+,29-,30-/m0/s1. The molecule has 1 heterocycles. The van der Waals surface area contributed by atoms with Crippen molar-refractivity contribution in [3.63, 3.8) is 0 Å². The molecule has 2 bridgehead atoms. The van der Waals surface area contributed by atoms with Crippen LogP contribution in [0.25, 0.3) is 0 Å². The number of carbonyl (C=O) groups is 2. The molecule has 0 saturated heterocycles. The molecule has 0 unspecified atom stereocenters. The third-order valence-electron chi connectivity index (χ3n) is 11.6. The number of esters is 1. The molecule has 0 amide bonds. The van der Waals surface area contributed by atoms with E-state index in [-0.39, 0.29) is 48.7 Å². The van der Waals surface area contributed by atoms with Gasteiger partial charge in [0.2, 0.25) is 0 Å². The summed E-state index contributed by atoms with van der Waals surface area (Å²) in [5.41, 5.74) is 6.88. The number of fused-ring (bicyclic) bond motifs is 1. The lowest BCUT2D eigenvalue weighted by atomic mass is 9.43. The first-order valence-electron chi connectivity index (χ1n) is 14.6. The maximum absolute atomic E-state index is 13.6. The van der Waals surface area contributed by atoms with E-state index in [1.54, 1.807) is 12.1 Å². The second kappa shape index (κ2) is 10.2. The van der Waals surface area contributed by atoms with Crippen LogP contribution >= 0.6 is 0 Å². The maximum atomic E-state index is 13.6. The van der Waals surface area contributed by atoms with E-state index in [9.17, 15) is 19.7 Å². The molecule has 3 aliphatic carbocycles. The number of carbonyl (C=O) groups excluding carboxylic acids is 2. The quantitative estimate of drug-likeness (QED) is 0.371. The lowest BCUT2D eigenvalue weighted by Gasteiger charge is -2.62. The number of ether oxygens (including phenoxy) is 2. The number of nitrogens with two attached hydrogens (primary N) is 1. The Morgan fingerprint density at radius 3 is 2.69 bits per heavy atom. The van der Waals surface area contributed by atoms with Gasteiger partial charge in [-0.15, -0.1) is 0 Å². The van der Waals surface area contributed by atoms with Crippen LogP contribution in [-0.4, -0.2) is 47.8 Å². The minimum Gasteiger partial charge on any atom is -0.482 e. The number of Topliss-reactive ketones (excluding diaryl/α,β-unsaturated/α-hetero) is 1. The Hall–Kier alpha value is -1.94. The Balaban J connectivity index is 1.43. The molecule has 8 atom stereocenters. The van der Waals surface area contributed by atoms with Gasteiger partial charge in [-0.25, -0.2) is 4.79 Å². The molecule has 1 aromatic rings. The summed E-state index contributed by atoms with van der Waals surface area (Å²) in [4.78, 5) is 26.9. The van der Waals surface area contributed by atoms with Crippen molar-refractivity contribution in [2.24, 2.45) is 39.7 Å². The number of hydrogen-bond donors (Lipinski definition) is 3. The van der Waals surface area contributed by atoms with Gasteiger partial charge in [0.1, 0.15) is 17.6 Å². The van der Waals surface area contributed by atoms with Crippen LogP contribution in [0.2, 0.25) is 0 Å². The molecule has 0 aromatic heterocycles. The molecular formula is C30H44BNO7. The molecule has 4 aliphatic rings. The minimum atomic E-state index is -1.05. The van der Waals surface area contributed by atoms with Crippen LogP contribution in [0.4, 0.5) is 0 Å². The van der Waals surface area contributed by atoms with E-state index in [0.717, 1.165) is 36.8 Å². The summed E-state index contributed by atoms with van der Waals surface area (Å²) >= 11 is 0. The van der Waals surface area contributed by atoms with Crippen LogP contribution in [0.3, 0.4) is 0 Å². The van der Waals surface area contributed by atoms with Gasteiger partial charge < -0.3 is 30.0 Å². The van der Waals surface area contributed by atoms with Crippen molar-refractivity contribution >= 4 is 24.3 Å². The first-order valence-corrected chi connectivity index (χ1v) is 14.6. The topological polar surface area (TPSA) is 128 Å². The number of ketones is 1. The number of hydrogen-bond acceptors (Lipinski definition) is 8. The van der Waals surface area contributed by atoms with Crippen molar-refractivity contribution in [1.82, 2.24) is 0 Å². The average Bonchev–Trinajstić information content (AvgIpc) is 3.48. The van der Waals surface area contributed by atoms with Crippen LogP contribution in [0.15, 0.2) is 12.1 Å². The van der Waals surface area contributed by atoms with Gasteiger partial charge >= 0.3 is 13.1 Å². The van der Waals surface area contributed by atoms with Gasteiger partial charge in [-0.1, -0.05) is 34.6 Å². The highest BCUT2D eigenvalue weighted by atomic mass is 16.6. The smallest absolute Gasteiger partial charge is 0.482 e. The van der Waals surface area contributed by atoms with E-state index in [1.807, 2.05) is 0 Å². The normalized spacial score (nSPS) is 39.5. The van der Waals surface area contributed by atoms with Gasteiger partial charge in [-0.05, 0) is 83.5 Å². The molecule has 9 heteroatoms. The molecule has 3 fully saturated rings. The number of aliphatic hydroxyl groups excluding tert-OH is 1. The Bertz CT molecular complexity index is 1140. The highest BCUT2D eigenvalue weighted by Crippen LogP contribution is 2.68. The van der Waals surface area contributed by atoms with Crippen molar-refractivity contribution in [1.29, 1.82) is 0 Å². The van der Waals surface area contributed by atoms with Gasteiger partial charge in [0.15, 0.2) is 6.61 Å². The third-order valence-corrected chi connectivity index (χ3v) is 11.6. The van der Waals surface area contributed by atoms with E-state index in [4.69, 9.17) is 19.9 Å². The van der Waals surface area contributed by atoms with Crippen molar-refractivity contribution < 1.29 is 33.8 Å². The van der Waals surface area contributed by atoms with E-state index < -0.39 is 36.1 Å². The molecule has 214 valence electrons. The van der Waals surface area contributed by atoms with Crippen LogP contribution in [0, 0.1) is 34.0 Å². The monoisotopic (exact) mass is 541 g/mol. The lowest BCUT2D eigenvalue weighted by molar-refractivity contribution is -0.213. The Morgan fingerprint density at radius 2 is 2.00 bits per heavy atom. The van der Waals surface area contributed by atoms with Crippen molar-refractivity contribution in [3.8, 4) is 5.75 Å². The molecule has 5 rings (SSSR count). The first-order chi connectivity index (χ1) is 18.4. The highest BCUT2D eigenvalue weighted by molar-refractivity contribution is 6.61. The predicted octanol–water partition coefficient (Wildman–Crippen LogP) is 2.87. The molecule has 8 nitrogen and oxygen atoms in total. The summed E-state index contributed by atoms with van der Waals surface area (Å²) < 4.78 is 17.5. The van der Waals surface area contributed by atoms with E-state index in [0.29, 0.717) is 24.1 Å². The average molecular weight is 541 g/mol. The zero-order valence-electron chi connectivity index (χ0n) is 24.0. The van der Waals surface area contributed by atoms with Crippen LogP contribution in [0.5, 0.6) is 5.75 Å². The van der Waals surface area contributed by atoms with Crippen molar-refractivity contribution in [2.75, 3.05) is 6.61 Å². The third kappa shape index (κ3) is 4.35. The predicted molar refractivity (Wildman–Crippen MR) is 147 cm³/mol. The highest BCUT2D eigenvalue weighted by Gasteiger charge is 2.68. The molecule has 4 N–H and O–H groups in total. The SMILES string of the molecule is CC[C@]1(C)C[C@@H](OC(=O)COc2cc(CN)c3c(c2)B(O)OC3)[C@@]2(C)[C@@H]3C(=O)CC[C@@]3(CC[C@@H]2C)[C@@H](C)[C@@H]1O. The van der Waals surface area contributed by atoms with Crippen molar-refractivity contribution in [2.45, 2.75) is 98.5 Å². The fourth-order valence-corrected chi connectivity index (χ4v) is 8.68. The van der Waals surface area contributed by atoms with E-state index >= 15 is 0 Å². The van der Waals surface area contributed by atoms with Gasteiger partial charge in [0, 0.05) is 24.3 Å². The Morgan fingerprint density at radius 1 is 1.26 bits per heavy atom. The van der Waals surface area contributed by atoms with Crippen LogP contribution in [-0.2, 0) is 32.1 Å². The minimum absolute atomic E-state index is 0.0124. The molecule has 1 aliphatic heterocycles. The summed E-state index contributed by atoms with van der Waals surface area (Å²) in [5.74, 6) is 0.0749. The van der Waals surface area contributed by atoms with Gasteiger partial charge in [0.25, 0.3) is 0 Å². The molecule has 0 radical (unpaired) electrons. The summed E-state index contributed by atoms with van der Waals surface area (Å²) in [7, 11) is -1.05. The lowest BCUT2D eigenvalue weighted by Crippen LogP contribution is -2.63.